The van der Waals surface area contributed by atoms with Crippen molar-refractivity contribution in [3.8, 4) is 22.3 Å². The van der Waals surface area contributed by atoms with Crippen molar-refractivity contribution in [2.75, 3.05) is 6.73 Å². The van der Waals surface area contributed by atoms with Crippen LogP contribution in [0.3, 0.4) is 0 Å². The second kappa shape index (κ2) is 13.9. The number of nitrogens with zero attached hydrogens (tertiary/aromatic N) is 1. The number of carbonyl (C=O) groups is 1. The summed E-state index contributed by atoms with van der Waals surface area (Å²) in [4.78, 5) is 15.6. The largest absolute Gasteiger partial charge is 0.451 e. The van der Waals surface area contributed by atoms with Crippen LogP contribution in [0, 0.1) is 5.92 Å². The molecule has 1 atom stereocenters. The normalized spacial score (nSPS) is 21.2. The van der Waals surface area contributed by atoms with Gasteiger partial charge in [-0.1, -0.05) is 122 Å². The molecule has 1 aliphatic heterocycles. The molecule has 2 fully saturated rings. The van der Waals surface area contributed by atoms with Crippen LogP contribution in [0.15, 0.2) is 109 Å². The zero-order chi connectivity index (χ0) is 30.4. The van der Waals surface area contributed by atoms with Crippen molar-refractivity contribution in [1.82, 2.24) is 10.2 Å². The molecular weight excluding hydrogens is 547 g/mol. The van der Waals surface area contributed by atoms with E-state index in [0.717, 1.165) is 32.4 Å². The predicted molar refractivity (Wildman–Crippen MR) is 175 cm³/mol. The molecule has 0 amide bonds. The molecule has 44 heavy (non-hydrogen) atoms. The number of hydrogen-bond donors (Lipinski definition) is 3. The summed E-state index contributed by atoms with van der Waals surface area (Å²) < 4.78 is 5.42. The van der Waals surface area contributed by atoms with Gasteiger partial charge in [0.05, 0.1) is 0 Å². The minimum Gasteiger partial charge on any atom is -0.448 e. The minimum absolute atomic E-state index is 0.162. The standard InChI is InChI=1S/C37H41BN2O4/c41-36-37(39-27-44-36,21-7-8-22-38(42)43)34-23-35(24-34)40(25-28-13-17-32(18-14-28)30-9-3-1-4-10-30)26-29-15-19-33(20-16-29)31-11-5-2-6-12-31/h1-6,9-20,34-35,39,42-43H,7-8,21-27H2/t34-,35+,37?. The molecule has 226 valence electrons. The zero-order valence-corrected chi connectivity index (χ0v) is 25.1. The Morgan fingerprint density at radius 3 is 1.68 bits per heavy atom. The second-order valence-electron chi connectivity index (χ2n) is 12.3. The fraction of sp³-hybridized carbons (Fsp3) is 0.324. The van der Waals surface area contributed by atoms with Gasteiger partial charge in [-0.25, -0.2) is 4.79 Å². The quantitative estimate of drug-likeness (QED) is 0.0969. The maximum absolute atomic E-state index is 13.0. The highest BCUT2D eigenvalue weighted by atomic mass is 16.6. The van der Waals surface area contributed by atoms with E-state index in [1.807, 2.05) is 12.1 Å². The highest BCUT2D eigenvalue weighted by Gasteiger charge is 2.55. The van der Waals surface area contributed by atoms with Gasteiger partial charge in [0.15, 0.2) is 0 Å². The summed E-state index contributed by atoms with van der Waals surface area (Å²) in [6, 6.07) is 39.0. The minimum atomic E-state index is -1.31. The summed E-state index contributed by atoms with van der Waals surface area (Å²) in [5.74, 6) is 0.0232. The van der Waals surface area contributed by atoms with Gasteiger partial charge in [0, 0.05) is 19.1 Å². The van der Waals surface area contributed by atoms with Crippen molar-refractivity contribution >= 4 is 13.1 Å². The molecule has 4 aromatic rings. The summed E-state index contributed by atoms with van der Waals surface area (Å²) in [5.41, 5.74) is 6.70. The third-order valence-electron chi connectivity index (χ3n) is 9.46. The number of carbonyl (C=O) groups excluding carboxylic acids is 1. The third-order valence-corrected chi connectivity index (χ3v) is 9.46. The molecule has 0 spiro atoms. The monoisotopic (exact) mass is 588 g/mol. The van der Waals surface area contributed by atoms with Gasteiger partial charge in [0.1, 0.15) is 12.3 Å². The number of hydrogen-bond acceptors (Lipinski definition) is 6. The van der Waals surface area contributed by atoms with Crippen LogP contribution in [-0.2, 0) is 22.6 Å². The zero-order valence-electron chi connectivity index (χ0n) is 25.1. The molecule has 1 unspecified atom stereocenters. The van der Waals surface area contributed by atoms with Crippen LogP contribution in [0.1, 0.15) is 43.2 Å². The summed E-state index contributed by atoms with van der Waals surface area (Å²) in [7, 11) is -1.31. The van der Waals surface area contributed by atoms with Crippen LogP contribution in [0.2, 0.25) is 6.32 Å². The topological polar surface area (TPSA) is 82.0 Å². The Hall–Kier alpha value is -3.75. The summed E-state index contributed by atoms with van der Waals surface area (Å²) in [6.07, 6.45) is 4.20. The number of benzene rings is 4. The van der Waals surface area contributed by atoms with Crippen molar-refractivity contribution in [1.29, 1.82) is 0 Å². The van der Waals surface area contributed by atoms with Crippen molar-refractivity contribution in [2.45, 2.75) is 63.1 Å². The molecule has 0 bridgehead atoms. The maximum Gasteiger partial charge on any atom is 0.451 e. The number of nitrogens with one attached hydrogen (secondary N) is 1. The van der Waals surface area contributed by atoms with Gasteiger partial charge >= 0.3 is 13.1 Å². The molecule has 4 aromatic carbocycles. The van der Waals surface area contributed by atoms with Crippen LogP contribution in [0.4, 0.5) is 0 Å². The van der Waals surface area contributed by atoms with Crippen molar-refractivity contribution < 1.29 is 19.6 Å². The highest BCUT2D eigenvalue weighted by molar-refractivity contribution is 6.40. The van der Waals surface area contributed by atoms with Crippen molar-refractivity contribution in [3.05, 3.63) is 120 Å². The Labute approximate surface area is 260 Å². The molecule has 6 rings (SSSR count). The van der Waals surface area contributed by atoms with Gasteiger partial charge in [-0.2, -0.15) is 0 Å². The van der Waals surface area contributed by atoms with Gasteiger partial charge < -0.3 is 14.8 Å². The molecule has 7 heteroatoms. The van der Waals surface area contributed by atoms with Crippen LogP contribution in [0.25, 0.3) is 22.3 Å². The molecule has 3 N–H and O–H groups in total. The SMILES string of the molecule is O=C1OCNC1(CCCCB(O)O)[C@H]1C[C@@H](N(Cc2ccc(-c3ccccc3)cc2)Cc2ccc(-c3ccccc3)cc2)C1. The first kappa shape index (κ1) is 30.3. The van der Waals surface area contributed by atoms with Gasteiger partial charge in [-0.05, 0) is 64.9 Å². The van der Waals surface area contributed by atoms with Crippen LogP contribution in [-0.4, -0.2) is 46.3 Å². The van der Waals surface area contributed by atoms with E-state index in [2.05, 4.69) is 107 Å². The molecule has 0 aromatic heterocycles. The molecule has 1 saturated heterocycles. The first-order valence-corrected chi connectivity index (χ1v) is 15.8. The first-order valence-electron chi connectivity index (χ1n) is 15.8. The molecule has 2 aliphatic rings. The summed E-state index contributed by atoms with van der Waals surface area (Å²) in [6.45, 7) is 1.90. The van der Waals surface area contributed by atoms with Crippen LogP contribution < -0.4 is 5.32 Å². The van der Waals surface area contributed by atoms with Crippen molar-refractivity contribution in [2.24, 2.45) is 5.92 Å². The Bertz CT molecular complexity index is 1410. The van der Waals surface area contributed by atoms with E-state index in [4.69, 9.17) is 4.74 Å². The van der Waals surface area contributed by atoms with E-state index in [-0.39, 0.29) is 18.6 Å². The Morgan fingerprint density at radius 2 is 1.23 bits per heavy atom. The number of ether oxygens (including phenoxy) is 1. The number of esters is 1. The molecule has 1 aliphatic carbocycles. The number of unbranched alkanes of at least 4 members (excludes halogenated alkanes) is 1. The van der Waals surface area contributed by atoms with Gasteiger partial charge in [-0.3, -0.25) is 10.2 Å². The Morgan fingerprint density at radius 1 is 0.727 bits per heavy atom. The van der Waals surface area contributed by atoms with Crippen LogP contribution >= 0.6 is 0 Å². The fourth-order valence-electron chi connectivity index (χ4n) is 6.81. The van der Waals surface area contributed by atoms with E-state index in [0.29, 0.717) is 25.2 Å². The smallest absolute Gasteiger partial charge is 0.448 e. The average Bonchev–Trinajstić information content (AvgIpc) is 3.40. The van der Waals surface area contributed by atoms with Gasteiger partial charge in [0.2, 0.25) is 0 Å². The van der Waals surface area contributed by atoms with E-state index >= 15 is 0 Å². The van der Waals surface area contributed by atoms with Gasteiger partial charge in [0.25, 0.3) is 0 Å². The second-order valence-corrected chi connectivity index (χ2v) is 12.3. The van der Waals surface area contributed by atoms with E-state index in [9.17, 15) is 14.8 Å². The number of cyclic esters (lactones) is 1. The van der Waals surface area contributed by atoms with E-state index < -0.39 is 12.7 Å². The lowest BCUT2D eigenvalue weighted by Gasteiger charge is -2.49. The average molecular weight is 589 g/mol. The summed E-state index contributed by atoms with van der Waals surface area (Å²) >= 11 is 0. The van der Waals surface area contributed by atoms with Crippen molar-refractivity contribution in [3.63, 3.8) is 0 Å². The van der Waals surface area contributed by atoms with Crippen LogP contribution in [0.5, 0.6) is 0 Å². The molecule has 6 nitrogen and oxygen atoms in total. The predicted octanol–water partition coefficient (Wildman–Crippen LogP) is 6.29. The highest BCUT2D eigenvalue weighted by Crippen LogP contribution is 2.44. The van der Waals surface area contributed by atoms with Gasteiger partial charge in [-0.15, -0.1) is 0 Å². The number of rotatable bonds is 13. The molecule has 1 heterocycles. The molecule has 1 saturated carbocycles. The first-order chi connectivity index (χ1) is 21.5. The molecule has 0 radical (unpaired) electrons. The van der Waals surface area contributed by atoms with E-state index in [1.54, 1.807) is 0 Å². The Kier molecular flexibility index (Phi) is 9.58. The third kappa shape index (κ3) is 6.97. The Balaban J connectivity index is 1.17. The lowest BCUT2D eigenvalue weighted by atomic mass is 9.65. The lowest BCUT2D eigenvalue weighted by Crippen LogP contribution is -2.60. The molecular formula is C37H41BN2O4. The van der Waals surface area contributed by atoms with E-state index in [1.165, 1.54) is 33.4 Å². The maximum atomic E-state index is 13.0. The summed E-state index contributed by atoms with van der Waals surface area (Å²) in [5, 5.41) is 21.9. The lowest BCUT2D eigenvalue weighted by molar-refractivity contribution is -0.147. The fourth-order valence-corrected chi connectivity index (χ4v) is 6.81.